The van der Waals surface area contributed by atoms with Crippen molar-refractivity contribution < 1.29 is 19.0 Å². The van der Waals surface area contributed by atoms with E-state index in [0.717, 1.165) is 10.4 Å². The zero-order valence-corrected chi connectivity index (χ0v) is 13.8. The summed E-state index contributed by atoms with van der Waals surface area (Å²) in [4.78, 5) is 17.3. The van der Waals surface area contributed by atoms with Gasteiger partial charge in [-0.15, -0.1) is 11.3 Å². The quantitative estimate of drug-likeness (QED) is 0.637. The number of hydrogen-bond acceptors (Lipinski definition) is 6. The van der Waals surface area contributed by atoms with Gasteiger partial charge in [-0.3, -0.25) is 0 Å². The van der Waals surface area contributed by atoms with Gasteiger partial charge in [-0.1, -0.05) is 0 Å². The predicted molar refractivity (Wildman–Crippen MR) is 89.2 cm³/mol. The second kappa shape index (κ2) is 6.26. The van der Waals surface area contributed by atoms with Gasteiger partial charge in [0.05, 0.1) is 14.2 Å². The van der Waals surface area contributed by atoms with Crippen LogP contribution in [-0.4, -0.2) is 26.1 Å². The summed E-state index contributed by atoms with van der Waals surface area (Å²) in [6.07, 6.45) is 1.74. The fourth-order valence-corrected chi connectivity index (χ4v) is 2.97. The molecule has 0 N–H and O–H groups in total. The maximum Gasteiger partial charge on any atom is 0.363 e. The highest BCUT2D eigenvalue weighted by molar-refractivity contribution is 7.11. The molecule has 0 amide bonds. The topological polar surface area (TPSA) is 57.1 Å². The monoisotopic (exact) mass is 329 g/mol. The molecule has 118 valence electrons. The number of ether oxygens (including phenoxy) is 3. The number of cyclic esters (lactones) is 1. The number of aryl methyl sites for hydroxylation is 1. The third-order valence-electron chi connectivity index (χ3n) is 3.39. The van der Waals surface area contributed by atoms with Crippen molar-refractivity contribution in [3.05, 3.63) is 51.3 Å². The van der Waals surface area contributed by atoms with Crippen molar-refractivity contribution >= 4 is 29.3 Å². The van der Waals surface area contributed by atoms with Crippen LogP contribution < -0.4 is 9.47 Å². The molecule has 0 saturated carbocycles. The Balaban J connectivity index is 1.98. The van der Waals surface area contributed by atoms with Gasteiger partial charge in [0.25, 0.3) is 0 Å². The van der Waals surface area contributed by atoms with Crippen LogP contribution in [-0.2, 0) is 9.53 Å². The highest BCUT2D eigenvalue weighted by atomic mass is 32.1. The maximum atomic E-state index is 12.0. The lowest BCUT2D eigenvalue weighted by Gasteiger charge is -2.07. The number of rotatable bonds is 4. The maximum absolute atomic E-state index is 12.0. The molecule has 0 bridgehead atoms. The van der Waals surface area contributed by atoms with E-state index in [0.29, 0.717) is 17.1 Å². The predicted octanol–water partition coefficient (Wildman–Crippen LogP) is 3.42. The van der Waals surface area contributed by atoms with Gasteiger partial charge in [0, 0.05) is 16.5 Å². The van der Waals surface area contributed by atoms with E-state index in [4.69, 9.17) is 14.2 Å². The highest BCUT2D eigenvalue weighted by Gasteiger charge is 2.25. The number of hydrogen-bond donors (Lipinski definition) is 0. The van der Waals surface area contributed by atoms with Crippen molar-refractivity contribution in [3.63, 3.8) is 0 Å². The standard InChI is InChI=1S/C17H15NO4S/c1-10-4-5-23-15(10)9-14-17(19)22-16(18-14)11-6-12(20-2)8-13(7-11)21-3/h4-9H,1-3H3. The number of benzene rings is 1. The van der Waals surface area contributed by atoms with Crippen LogP contribution >= 0.6 is 11.3 Å². The molecule has 0 atom stereocenters. The van der Waals surface area contributed by atoms with Crippen molar-refractivity contribution in [1.82, 2.24) is 0 Å². The number of nitrogens with zero attached hydrogens (tertiary/aromatic N) is 1. The Kier molecular flexibility index (Phi) is 4.16. The molecule has 1 aliphatic rings. The molecule has 5 nitrogen and oxygen atoms in total. The van der Waals surface area contributed by atoms with Crippen LogP contribution in [0.1, 0.15) is 16.0 Å². The number of aliphatic imine (C=N–C) groups is 1. The second-order valence-corrected chi connectivity index (χ2v) is 5.85. The molecule has 1 aliphatic heterocycles. The van der Waals surface area contributed by atoms with Crippen molar-refractivity contribution in [3.8, 4) is 11.5 Å². The Labute approximate surface area is 137 Å². The second-order valence-electron chi connectivity index (χ2n) is 4.91. The minimum atomic E-state index is -0.463. The van der Waals surface area contributed by atoms with Crippen LogP contribution in [0.3, 0.4) is 0 Å². The first-order valence-electron chi connectivity index (χ1n) is 6.91. The van der Waals surface area contributed by atoms with E-state index in [2.05, 4.69) is 4.99 Å². The minimum Gasteiger partial charge on any atom is -0.497 e. The first kappa shape index (κ1) is 15.3. The minimum absolute atomic E-state index is 0.243. The van der Waals surface area contributed by atoms with Gasteiger partial charge in [-0.25, -0.2) is 9.79 Å². The largest absolute Gasteiger partial charge is 0.497 e. The van der Waals surface area contributed by atoms with E-state index in [1.165, 1.54) is 0 Å². The molecular weight excluding hydrogens is 314 g/mol. The summed E-state index contributed by atoms with van der Waals surface area (Å²) >= 11 is 1.55. The third kappa shape index (κ3) is 3.12. The average Bonchev–Trinajstić information content (AvgIpc) is 3.13. The molecule has 0 radical (unpaired) electrons. The van der Waals surface area contributed by atoms with Gasteiger partial charge in [0.15, 0.2) is 5.70 Å². The molecule has 0 spiro atoms. The van der Waals surface area contributed by atoms with Gasteiger partial charge < -0.3 is 14.2 Å². The normalized spacial score (nSPS) is 15.5. The molecule has 23 heavy (non-hydrogen) atoms. The van der Waals surface area contributed by atoms with Gasteiger partial charge in [-0.05, 0) is 42.1 Å². The Hall–Kier alpha value is -2.60. The van der Waals surface area contributed by atoms with Crippen LogP contribution in [0.25, 0.3) is 6.08 Å². The molecule has 3 rings (SSSR count). The lowest BCUT2D eigenvalue weighted by Crippen LogP contribution is -2.06. The fraction of sp³-hybridized carbons (Fsp3) is 0.176. The number of esters is 1. The molecule has 0 aliphatic carbocycles. The molecule has 0 saturated heterocycles. The van der Waals surface area contributed by atoms with Crippen molar-refractivity contribution in [2.45, 2.75) is 6.92 Å². The molecular formula is C17H15NO4S. The van der Waals surface area contributed by atoms with Gasteiger partial charge >= 0.3 is 5.97 Å². The zero-order valence-electron chi connectivity index (χ0n) is 13.0. The molecule has 6 heteroatoms. The third-order valence-corrected chi connectivity index (χ3v) is 4.35. The average molecular weight is 329 g/mol. The van der Waals surface area contributed by atoms with E-state index >= 15 is 0 Å². The molecule has 2 aromatic rings. The van der Waals surface area contributed by atoms with Crippen LogP contribution in [0.15, 0.2) is 40.3 Å². The molecule has 1 aromatic heterocycles. The van der Waals surface area contributed by atoms with Gasteiger partial charge in [-0.2, -0.15) is 0 Å². The Morgan fingerprint density at radius 3 is 2.43 bits per heavy atom. The first-order valence-corrected chi connectivity index (χ1v) is 7.79. The van der Waals surface area contributed by atoms with Crippen LogP contribution in [0.4, 0.5) is 0 Å². The number of thiophene rings is 1. The van der Waals surface area contributed by atoms with E-state index in [-0.39, 0.29) is 11.6 Å². The fourth-order valence-electron chi connectivity index (χ4n) is 2.12. The molecule has 0 fully saturated rings. The number of carbonyl (C=O) groups excluding carboxylic acids is 1. The summed E-state index contributed by atoms with van der Waals surface area (Å²) in [6.45, 7) is 1.99. The summed E-state index contributed by atoms with van der Waals surface area (Å²) in [5.74, 6) is 0.983. The smallest absolute Gasteiger partial charge is 0.363 e. The summed E-state index contributed by atoms with van der Waals surface area (Å²) < 4.78 is 15.7. The summed E-state index contributed by atoms with van der Waals surface area (Å²) in [6, 6.07) is 7.23. The summed E-state index contributed by atoms with van der Waals surface area (Å²) in [5, 5.41) is 1.97. The van der Waals surface area contributed by atoms with Crippen molar-refractivity contribution in [2.75, 3.05) is 14.2 Å². The molecule has 0 unspecified atom stereocenters. The van der Waals surface area contributed by atoms with Crippen LogP contribution in [0, 0.1) is 6.92 Å². The Morgan fingerprint density at radius 2 is 1.87 bits per heavy atom. The lowest BCUT2D eigenvalue weighted by atomic mass is 10.2. The Morgan fingerprint density at radius 1 is 1.17 bits per heavy atom. The summed E-state index contributed by atoms with van der Waals surface area (Å²) in [5.41, 5.74) is 2.01. The SMILES string of the molecule is COc1cc(OC)cc(C2=NC(=Cc3sccc3C)C(=O)O2)c1. The first-order chi connectivity index (χ1) is 11.1. The van der Waals surface area contributed by atoms with Crippen LogP contribution in [0.5, 0.6) is 11.5 Å². The van der Waals surface area contributed by atoms with E-state index < -0.39 is 5.97 Å². The Bertz CT molecular complexity index is 798. The van der Waals surface area contributed by atoms with E-state index in [9.17, 15) is 4.79 Å². The van der Waals surface area contributed by atoms with E-state index in [1.807, 2.05) is 18.4 Å². The molecule has 2 heterocycles. The summed E-state index contributed by atoms with van der Waals surface area (Å²) in [7, 11) is 3.12. The van der Waals surface area contributed by atoms with Gasteiger partial charge in [0.2, 0.25) is 5.90 Å². The zero-order chi connectivity index (χ0) is 16.4. The van der Waals surface area contributed by atoms with Crippen molar-refractivity contribution in [1.29, 1.82) is 0 Å². The van der Waals surface area contributed by atoms with E-state index in [1.54, 1.807) is 49.8 Å². The van der Waals surface area contributed by atoms with Crippen molar-refractivity contribution in [2.24, 2.45) is 4.99 Å². The lowest BCUT2D eigenvalue weighted by molar-refractivity contribution is -0.129. The van der Waals surface area contributed by atoms with Crippen LogP contribution in [0.2, 0.25) is 0 Å². The van der Waals surface area contributed by atoms with Gasteiger partial charge in [0.1, 0.15) is 11.5 Å². The number of methoxy groups -OCH3 is 2. The number of carbonyl (C=O) groups is 1. The molecule has 1 aromatic carbocycles. The highest BCUT2D eigenvalue weighted by Crippen LogP contribution is 2.27.